The van der Waals surface area contributed by atoms with E-state index < -0.39 is 5.82 Å². The van der Waals surface area contributed by atoms with Gasteiger partial charge in [-0.25, -0.2) is 14.4 Å². The van der Waals surface area contributed by atoms with Gasteiger partial charge in [0.25, 0.3) is 5.91 Å². The average molecular weight is 403 g/mol. The summed E-state index contributed by atoms with van der Waals surface area (Å²) in [6, 6.07) is 10.6. The molecule has 7 nitrogen and oxygen atoms in total. The smallest absolute Gasteiger partial charge is 0.257 e. The van der Waals surface area contributed by atoms with Crippen molar-refractivity contribution in [3.05, 3.63) is 71.4 Å². The normalized spacial score (nSPS) is 20.5. The third kappa shape index (κ3) is 2.37. The molecule has 2 N–H and O–H groups in total. The summed E-state index contributed by atoms with van der Waals surface area (Å²) in [6.45, 7) is 0.840. The molecule has 0 spiro atoms. The Hall–Kier alpha value is -3.52. The first-order valence-electron chi connectivity index (χ1n) is 9.83. The van der Waals surface area contributed by atoms with E-state index in [0.717, 1.165) is 12.0 Å². The van der Waals surface area contributed by atoms with Crippen LogP contribution in [0.4, 0.5) is 10.2 Å². The Bertz CT molecular complexity index is 1330. The summed E-state index contributed by atoms with van der Waals surface area (Å²) in [5.74, 6) is -0.709. The lowest BCUT2D eigenvalue weighted by Crippen LogP contribution is -2.46. The molecule has 30 heavy (non-hydrogen) atoms. The third-order valence-electron chi connectivity index (χ3n) is 6.10. The van der Waals surface area contributed by atoms with Gasteiger partial charge in [0.15, 0.2) is 0 Å². The molecule has 0 bridgehead atoms. The van der Waals surface area contributed by atoms with E-state index in [-0.39, 0.29) is 29.4 Å². The topological polar surface area (TPSA) is 85.8 Å². The lowest BCUT2D eigenvalue weighted by atomic mass is 10.0. The zero-order valence-corrected chi connectivity index (χ0v) is 16.0. The Morgan fingerprint density at radius 3 is 3.00 bits per heavy atom. The number of imidazole rings is 1. The number of nitrogens with two attached hydrogens (primary N) is 1. The minimum atomic E-state index is -0.617. The molecule has 1 aliphatic heterocycles. The molecule has 1 saturated heterocycles. The average Bonchev–Trinajstić information content (AvgIpc) is 3.38. The van der Waals surface area contributed by atoms with Gasteiger partial charge in [-0.05, 0) is 17.2 Å². The van der Waals surface area contributed by atoms with Crippen LogP contribution in [0.2, 0.25) is 0 Å². The molecule has 2 atom stereocenters. The third-order valence-corrected chi connectivity index (χ3v) is 6.10. The summed E-state index contributed by atoms with van der Waals surface area (Å²) in [5, 5.41) is 0. The number of carbonyl (C=O) groups excluding carboxylic acids is 1. The summed E-state index contributed by atoms with van der Waals surface area (Å²) < 4.78 is 22.7. The maximum Gasteiger partial charge on any atom is 0.257 e. The van der Waals surface area contributed by atoms with Crippen LogP contribution in [0.5, 0.6) is 0 Å². The highest BCUT2D eigenvalue weighted by Gasteiger charge is 2.42. The number of hydrogen-bond donors (Lipinski definition) is 1. The second-order valence-electron chi connectivity index (χ2n) is 7.72. The fourth-order valence-corrected chi connectivity index (χ4v) is 4.74. The summed E-state index contributed by atoms with van der Waals surface area (Å²) in [4.78, 5) is 23.6. The van der Waals surface area contributed by atoms with Gasteiger partial charge in [0, 0.05) is 19.0 Å². The molecule has 2 aromatic heterocycles. The summed E-state index contributed by atoms with van der Waals surface area (Å²) >= 11 is 0. The maximum atomic E-state index is 15.0. The quantitative estimate of drug-likeness (QED) is 0.528. The molecule has 6 rings (SSSR count). The SMILES string of the molecule is Nc1nc2cc(F)c(C(=O)N3CCOC4Cc5ccccc5C43)cc2n2cncc12. The number of hydrogen-bond acceptors (Lipinski definition) is 5. The van der Waals surface area contributed by atoms with Gasteiger partial charge in [-0.15, -0.1) is 0 Å². The predicted molar refractivity (Wildman–Crippen MR) is 109 cm³/mol. The lowest BCUT2D eigenvalue weighted by molar-refractivity contribution is -0.0517. The minimum absolute atomic E-state index is 0.00843. The standard InChI is InChI=1S/C22H18FN5O2/c23-15-9-16-17(28-11-25-10-18(28)21(24)26-16)8-14(15)22(29)27-5-6-30-19-7-12-3-1-2-4-13(12)20(19)27/h1-4,8-11,19-20H,5-7H2,(H2,24,26). The molecule has 3 heterocycles. The van der Waals surface area contributed by atoms with Crippen LogP contribution in [0, 0.1) is 5.82 Å². The van der Waals surface area contributed by atoms with Gasteiger partial charge in [0.1, 0.15) is 17.2 Å². The second-order valence-corrected chi connectivity index (χ2v) is 7.72. The fourth-order valence-electron chi connectivity index (χ4n) is 4.74. The van der Waals surface area contributed by atoms with Crippen LogP contribution in [-0.4, -0.2) is 44.4 Å². The number of anilines is 1. The van der Waals surface area contributed by atoms with Crippen molar-refractivity contribution in [2.45, 2.75) is 18.6 Å². The van der Waals surface area contributed by atoms with E-state index in [1.807, 2.05) is 18.2 Å². The number of amides is 1. The van der Waals surface area contributed by atoms with E-state index in [1.165, 1.54) is 11.6 Å². The van der Waals surface area contributed by atoms with Crippen LogP contribution >= 0.6 is 0 Å². The van der Waals surface area contributed by atoms with Crippen LogP contribution in [0.1, 0.15) is 27.5 Å². The summed E-state index contributed by atoms with van der Waals surface area (Å²) in [7, 11) is 0. The van der Waals surface area contributed by atoms with E-state index in [9.17, 15) is 4.79 Å². The van der Waals surface area contributed by atoms with E-state index in [0.29, 0.717) is 29.7 Å². The summed E-state index contributed by atoms with van der Waals surface area (Å²) in [5.41, 5.74) is 9.77. The van der Waals surface area contributed by atoms with Crippen molar-refractivity contribution in [2.24, 2.45) is 0 Å². The van der Waals surface area contributed by atoms with Gasteiger partial charge in [-0.1, -0.05) is 24.3 Å². The van der Waals surface area contributed by atoms with Gasteiger partial charge < -0.3 is 15.4 Å². The highest BCUT2D eigenvalue weighted by atomic mass is 19.1. The summed E-state index contributed by atoms with van der Waals surface area (Å²) in [6.07, 6.45) is 3.82. The first kappa shape index (κ1) is 17.3. The molecule has 0 saturated carbocycles. The van der Waals surface area contributed by atoms with Crippen molar-refractivity contribution in [3.8, 4) is 0 Å². The molecule has 2 aromatic carbocycles. The molecule has 1 aliphatic carbocycles. The van der Waals surface area contributed by atoms with E-state index >= 15 is 4.39 Å². The fraction of sp³-hybridized carbons (Fsp3) is 0.227. The lowest BCUT2D eigenvalue weighted by Gasteiger charge is -2.38. The van der Waals surface area contributed by atoms with Crippen LogP contribution in [0.25, 0.3) is 16.6 Å². The number of carbonyl (C=O) groups is 1. The Morgan fingerprint density at radius 2 is 2.10 bits per heavy atom. The number of ether oxygens (including phenoxy) is 1. The number of benzene rings is 2. The first-order chi connectivity index (χ1) is 14.6. The highest BCUT2D eigenvalue weighted by Crippen LogP contribution is 2.40. The number of halogens is 1. The van der Waals surface area contributed by atoms with Crippen molar-refractivity contribution in [1.82, 2.24) is 19.3 Å². The monoisotopic (exact) mass is 403 g/mol. The number of morpholine rings is 1. The van der Waals surface area contributed by atoms with Gasteiger partial charge in [0.05, 0.1) is 47.9 Å². The Labute approximate surface area is 170 Å². The molecule has 1 amide bonds. The minimum Gasteiger partial charge on any atom is -0.382 e. The number of fused-ring (bicyclic) bond motifs is 6. The van der Waals surface area contributed by atoms with Gasteiger partial charge >= 0.3 is 0 Å². The molecule has 2 unspecified atom stereocenters. The molecule has 150 valence electrons. The Morgan fingerprint density at radius 1 is 1.23 bits per heavy atom. The second kappa shape index (κ2) is 6.24. The number of nitrogen functional groups attached to an aromatic ring is 1. The van der Waals surface area contributed by atoms with Gasteiger partial charge in [-0.3, -0.25) is 9.20 Å². The molecule has 2 aliphatic rings. The molecule has 4 aromatic rings. The molecule has 8 heteroatoms. The van der Waals surface area contributed by atoms with Crippen molar-refractivity contribution in [1.29, 1.82) is 0 Å². The molecular weight excluding hydrogens is 385 g/mol. The van der Waals surface area contributed by atoms with Crippen LogP contribution in [0.3, 0.4) is 0 Å². The molecule has 0 radical (unpaired) electrons. The zero-order valence-electron chi connectivity index (χ0n) is 16.0. The molecular formula is C22H18FN5O2. The maximum absolute atomic E-state index is 15.0. The van der Waals surface area contributed by atoms with Gasteiger partial charge in [-0.2, -0.15) is 0 Å². The van der Waals surface area contributed by atoms with E-state index in [1.54, 1.807) is 27.9 Å². The van der Waals surface area contributed by atoms with Gasteiger partial charge in [0.2, 0.25) is 0 Å². The number of aromatic nitrogens is 3. The van der Waals surface area contributed by atoms with Crippen LogP contribution in [-0.2, 0) is 11.2 Å². The van der Waals surface area contributed by atoms with Crippen LogP contribution < -0.4 is 5.73 Å². The van der Waals surface area contributed by atoms with E-state index in [2.05, 4.69) is 16.0 Å². The van der Waals surface area contributed by atoms with Crippen molar-refractivity contribution in [2.75, 3.05) is 18.9 Å². The Kier molecular flexibility index (Phi) is 3.61. The van der Waals surface area contributed by atoms with Crippen molar-refractivity contribution >= 4 is 28.3 Å². The molecule has 1 fully saturated rings. The number of rotatable bonds is 1. The van der Waals surface area contributed by atoms with Crippen molar-refractivity contribution in [3.63, 3.8) is 0 Å². The Balaban J connectivity index is 1.48. The predicted octanol–water partition coefficient (Wildman–Crippen LogP) is 2.74. The zero-order chi connectivity index (χ0) is 20.4. The van der Waals surface area contributed by atoms with Crippen LogP contribution in [0.15, 0.2) is 48.9 Å². The highest BCUT2D eigenvalue weighted by molar-refractivity contribution is 5.99. The number of nitrogens with zero attached hydrogens (tertiary/aromatic N) is 4. The largest absolute Gasteiger partial charge is 0.382 e. The van der Waals surface area contributed by atoms with E-state index in [4.69, 9.17) is 10.5 Å². The van der Waals surface area contributed by atoms with Crippen molar-refractivity contribution < 1.29 is 13.9 Å². The first-order valence-corrected chi connectivity index (χ1v) is 9.83.